The Bertz CT molecular complexity index is 1760. The zero-order chi connectivity index (χ0) is 45.3. The van der Waals surface area contributed by atoms with Gasteiger partial charge in [0, 0.05) is 50.5 Å². The first-order valence-corrected chi connectivity index (χ1v) is 23.5. The molecule has 14 heteroatoms. The second-order valence-corrected chi connectivity index (χ2v) is 19.4. The zero-order valence-electron chi connectivity index (χ0n) is 39.1. The molecule has 0 amide bonds. The molecule has 0 spiro atoms. The molecule has 1 aromatic rings. The van der Waals surface area contributed by atoms with E-state index in [1.807, 2.05) is 32.9 Å². The number of aliphatic hydroxyl groups is 1. The third-order valence-electron chi connectivity index (χ3n) is 15.5. The van der Waals surface area contributed by atoms with Crippen LogP contribution in [0.4, 0.5) is 5.69 Å². The molecule has 3 saturated heterocycles. The molecular formula is C49H74N2O12. The summed E-state index contributed by atoms with van der Waals surface area (Å²) in [6, 6.07) is 6.99. The van der Waals surface area contributed by atoms with Gasteiger partial charge in [-0.15, -0.1) is 0 Å². The number of carbonyl (C=O) groups excluding carboxylic acids is 3. The molecule has 3 heterocycles. The van der Waals surface area contributed by atoms with Gasteiger partial charge in [0.25, 0.3) is 0 Å². The molecule has 2 saturated carbocycles. The smallest absolute Gasteiger partial charge is 0.306 e. The quantitative estimate of drug-likeness (QED) is 0.187. The van der Waals surface area contributed by atoms with Crippen LogP contribution in [-0.4, -0.2) is 143 Å². The summed E-state index contributed by atoms with van der Waals surface area (Å²) in [6.07, 6.45) is 2.98. The van der Waals surface area contributed by atoms with E-state index in [1.165, 1.54) is 6.92 Å². The minimum Gasteiger partial charge on any atom is -0.462 e. The summed E-state index contributed by atoms with van der Waals surface area (Å²) in [7, 11) is 9.00. The lowest BCUT2D eigenvalue weighted by atomic mass is 9.62. The summed E-state index contributed by atoms with van der Waals surface area (Å²) in [5.41, 5.74) is 1.93. The van der Waals surface area contributed by atoms with Crippen LogP contribution in [-0.2, 0) is 47.5 Å². The Balaban J connectivity index is 1.22. The maximum Gasteiger partial charge on any atom is 0.306 e. The van der Waals surface area contributed by atoms with Gasteiger partial charge in [-0.3, -0.25) is 14.4 Å². The fraction of sp³-hybridized carbons (Fsp3) is 0.776. The van der Waals surface area contributed by atoms with Gasteiger partial charge in [-0.25, -0.2) is 0 Å². The average molecular weight is 883 g/mol. The number of rotatable bonds is 12. The SMILES string of the molecule is CC[C@H]1CCC[C@H](O[C@H]2CC[C@H](N(C)C)C(C)O2)[C@@H](C)C(=O)C2=C[C@H]3[C@@H]4C[C@H](O[C@@H]5OC(C)[C@H](OC)C(OC)[C@@H]5OC)C[C@H]4[C@@H](O)[C@H](Nc4ccc(C(C)=O)cc4)[C@H]3[C@@H]2CC(=O)O1. The number of nitrogens with one attached hydrogen (secondary N) is 1. The Morgan fingerprint density at radius 3 is 2.21 bits per heavy atom. The third-order valence-corrected chi connectivity index (χ3v) is 15.5. The van der Waals surface area contributed by atoms with E-state index in [-0.39, 0.29) is 84.2 Å². The minimum absolute atomic E-state index is 0.0105. The molecule has 3 aliphatic heterocycles. The number of allylic oxidation sites excluding steroid dienone is 2. The summed E-state index contributed by atoms with van der Waals surface area (Å²) in [5, 5.41) is 16.3. The van der Waals surface area contributed by atoms with E-state index in [2.05, 4.69) is 37.3 Å². The number of aliphatic hydroxyl groups excluding tert-OH is 1. The number of nitrogens with zero attached hydrogens (tertiary/aromatic N) is 1. The number of cyclic esters (lactones) is 1. The van der Waals surface area contributed by atoms with Crippen LogP contribution in [0, 0.1) is 35.5 Å². The van der Waals surface area contributed by atoms with Crippen molar-refractivity contribution in [2.24, 2.45) is 35.5 Å². The van der Waals surface area contributed by atoms with Gasteiger partial charge >= 0.3 is 5.97 Å². The number of methoxy groups -OCH3 is 3. The Kier molecular flexibility index (Phi) is 15.9. The van der Waals surface area contributed by atoms with E-state index < -0.39 is 54.9 Å². The number of hydrogen-bond acceptors (Lipinski definition) is 14. The van der Waals surface area contributed by atoms with Crippen LogP contribution >= 0.6 is 0 Å². The first-order chi connectivity index (χ1) is 30.2. The molecule has 6 aliphatic rings. The second-order valence-electron chi connectivity index (χ2n) is 19.4. The number of benzene rings is 1. The molecule has 14 nitrogen and oxygen atoms in total. The number of fused-ring (bicyclic) bond motifs is 5. The lowest BCUT2D eigenvalue weighted by Gasteiger charge is -2.47. The maximum absolute atomic E-state index is 15.2. The molecule has 0 bridgehead atoms. The van der Waals surface area contributed by atoms with E-state index in [0.717, 1.165) is 24.9 Å². The molecule has 352 valence electrons. The molecule has 0 aromatic heterocycles. The van der Waals surface area contributed by atoms with Crippen molar-refractivity contribution >= 4 is 23.2 Å². The Morgan fingerprint density at radius 2 is 1.57 bits per heavy atom. The van der Waals surface area contributed by atoms with Crippen molar-refractivity contribution in [3.63, 3.8) is 0 Å². The minimum atomic E-state index is -0.861. The van der Waals surface area contributed by atoms with Gasteiger partial charge in [-0.05, 0) is 140 Å². The van der Waals surface area contributed by atoms with Gasteiger partial charge in [0.2, 0.25) is 0 Å². The van der Waals surface area contributed by atoms with Crippen molar-refractivity contribution < 1.29 is 57.4 Å². The van der Waals surface area contributed by atoms with E-state index in [1.54, 1.807) is 33.5 Å². The predicted octanol–water partition coefficient (Wildman–Crippen LogP) is 5.98. The largest absolute Gasteiger partial charge is 0.462 e. The van der Waals surface area contributed by atoms with Gasteiger partial charge in [-0.1, -0.05) is 19.9 Å². The summed E-state index contributed by atoms with van der Waals surface area (Å²) >= 11 is 0. The van der Waals surface area contributed by atoms with Crippen LogP contribution in [0.5, 0.6) is 0 Å². The third kappa shape index (κ3) is 10.1. The highest BCUT2D eigenvalue weighted by atomic mass is 16.7. The monoisotopic (exact) mass is 883 g/mol. The molecule has 19 atom stereocenters. The van der Waals surface area contributed by atoms with Crippen LogP contribution in [0.3, 0.4) is 0 Å². The van der Waals surface area contributed by atoms with Crippen LogP contribution in [0.1, 0.15) is 103 Å². The van der Waals surface area contributed by atoms with Crippen LogP contribution < -0.4 is 5.32 Å². The summed E-state index contributed by atoms with van der Waals surface area (Å²) in [6.45, 7) is 9.54. The molecule has 63 heavy (non-hydrogen) atoms. The number of ether oxygens (including phenoxy) is 8. The molecule has 3 aliphatic carbocycles. The Morgan fingerprint density at radius 1 is 0.873 bits per heavy atom. The topological polar surface area (TPSA) is 161 Å². The lowest BCUT2D eigenvalue weighted by Crippen LogP contribution is -2.59. The molecular weight excluding hydrogens is 809 g/mol. The highest BCUT2D eigenvalue weighted by Crippen LogP contribution is 2.57. The van der Waals surface area contributed by atoms with Gasteiger partial charge in [0.1, 0.15) is 24.4 Å². The van der Waals surface area contributed by atoms with Crippen molar-refractivity contribution in [3.05, 3.63) is 41.5 Å². The molecule has 5 fully saturated rings. The summed E-state index contributed by atoms with van der Waals surface area (Å²) in [4.78, 5) is 43.7. The molecule has 0 radical (unpaired) electrons. The first kappa shape index (κ1) is 48.2. The van der Waals surface area contributed by atoms with Crippen molar-refractivity contribution in [2.45, 2.75) is 172 Å². The fourth-order valence-corrected chi connectivity index (χ4v) is 12.2. The highest BCUT2D eigenvalue weighted by Gasteiger charge is 2.60. The average Bonchev–Trinajstić information content (AvgIpc) is 3.85. The van der Waals surface area contributed by atoms with Gasteiger partial charge in [-0.2, -0.15) is 0 Å². The van der Waals surface area contributed by atoms with Gasteiger partial charge in [0.15, 0.2) is 24.1 Å². The van der Waals surface area contributed by atoms with E-state index in [0.29, 0.717) is 43.2 Å². The fourth-order valence-electron chi connectivity index (χ4n) is 12.2. The molecule has 3 unspecified atom stereocenters. The number of anilines is 1. The summed E-state index contributed by atoms with van der Waals surface area (Å²) < 4.78 is 50.2. The Hall–Kier alpha value is -2.79. The summed E-state index contributed by atoms with van der Waals surface area (Å²) in [5.74, 6) is -2.22. The number of likely N-dealkylation sites (N-methyl/N-ethyl adjacent to an activating group) is 1. The van der Waals surface area contributed by atoms with E-state index in [4.69, 9.17) is 37.9 Å². The molecule has 2 N–H and O–H groups in total. The normalized spacial score (nSPS) is 42.3. The highest BCUT2D eigenvalue weighted by molar-refractivity contribution is 5.99. The van der Waals surface area contributed by atoms with E-state index >= 15 is 4.79 Å². The predicted molar refractivity (Wildman–Crippen MR) is 235 cm³/mol. The second kappa shape index (κ2) is 20.8. The number of esters is 1. The number of carbonyl (C=O) groups is 3. The molecule has 1 aromatic carbocycles. The van der Waals surface area contributed by atoms with Gasteiger partial charge < -0.3 is 53.2 Å². The number of ketones is 2. The molecule has 7 rings (SSSR count). The lowest BCUT2D eigenvalue weighted by molar-refractivity contribution is -0.314. The van der Waals surface area contributed by atoms with Crippen LogP contribution in [0.25, 0.3) is 0 Å². The number of Topliss-reactive ketones (excluding diaryl/α,β-unsaturated/α-hetero) is 2. The number of hydrogen-bond donors (Lipinski definition) is 2. The van der Waals surface area contributed by atoms with Crippen molar-refractivity contribution in [1.82, 2.24) is 4.90 Å². The standard InChI is InChI=1S/C49H74N2O12/c1-11-31-13-12-14-39(63-41-20-19-38(51(6)7)27(4)59-41)25(2)44(54)37-23-34-33-21-32(62-49-48(58-10)47(57-9)46(56-8)28(5)60-49)22-36(33)45(55)43(42(34)35(37)24-40(53)61-31)50-30-17-15-29(16-18-30)26(3)52/h15-18,23,25,27-28,31-36,38-39,41-43,45-50,55H,11-14,19-22,24H2,1-10H3/t25-,27?,28?,31+,32+,33+,34+,35-,36-,38+,39+,41+,42-,43-,45-,46+,47?,48+,49+/m1/s1. The van der Waals surface area contributed by atoms with Crippen molar-refractivity contribution in [2.75, 3.05) is 40.7 Å². The van der Waals surface area contributed by atoms with Crippen LogP contribution in [0.15, 0.2) is 35.9 Å². The van der Waals surface area contributed by atoms with Gasteiger partial charge in [0.05, 0.1) is 43.0 Å². The maximum atomic E-state index is 15.2. The Labute approximate surface area is 374 Å². The zero-order valence-corrected chi connectivity index (χ0v) is 39.1. The van der Waals surface area contributed by atoms with Crippen molar-refractivity contribution in [3.8, 4) is 0 Å². The van der Waals surface area contributed by atoms with Crippen LogP contribution in [0.2, 0.25) is 0 Å². The van der Waals surface area contributed by atoms with E-state index in [9.17, 15) is 14.7 Å². The van der Waals surface area contributed by atoms with Crippen molar-refractivity contribution in [1.29, 1.82) is 0 Å². The first-order valence-electron chi connectivity index (χ1n) is 23.5.